The maximum Gasteiger partial charge on any atom is 0.229 e. The lowest BCUT2D eigenvalue weighted by Crippen LogP contribution is -2.52. The standard InChI is InChI=1S/C27H40FN7/c1-4-22-18-34(3)25-17-30-27(32-26(25)35(22)23-7-5-6-8-23)31-21-10-9-19(24(28)15-21)16-29-20-11-13-33(2)14-12-20/h9-10,15,17,20,22-23,29H,4-8,11-14,16,18H2,1-3H3,(H,30,31,32)/t22-/m1/s1. The summed E-state index contributed by atoms with van der Waals surface area (Å²) in [5.74, 6) is 1.33. The van der Waals surface area contributed by atoms with Crippen LogP contribution in [0.4, 0.5) is 27.5 Å². The van der Waals surface area contributed by atoms with Crippen molar-refractivity contribution in [1.29, 1.82) is 0 Å². The van der Waals surface area contributed by atoms with Crippen LogP contribution in [-0.2, 0) is 6.54 Å². The molecule has 1 aliphatic carbocycles. The number of halogens is 1. The van der Waals surface area contributed by atoms with Gasteiger partial charge in [0, 0.05) is 49.5 Å². The first-order valence-electron chi connectivity index (χ1n) is 13.4. The quantitative estimate of drug-likeness (QED) is 0.603. The highest BCUT2D eigenvalue weighted by atomic mass is 19.1. The van der Waals surface area contributed by atoms with E-state index < -0.39 is 0 Å². The van der Waals surface area contributed by atoms with Crippen LogP contribution >= 0.6 is 0 Å². The van der Waals surface area contributed by atoms with E-state index in [1.165, 1.54) is 25.7 Å². The summed E-state index contributed by atoms with van der Waals surface area (Å²) in [6.45, 7) is 6.00. The Kier molecular flexibility index (Phi) is 7.39. The molecule has 1 atom stereocenters. The average molecular weight is 482 g/mol. The Hall–Kier alpha value is -2.45. The van der Waals surface area contributed by atoms with Gasteiger partial charge in [0.25, 0.3) is 0 Å². The molecule has 2 fully saturated rings. The second-order valence-corrected chi connectivity index (χ2v) is 10.6. The van der Waals surface area contributed by atoms with Gasteiger partial charge in [-0.25, -0.2) is 9.37 Å². The number of hydrogen-bond acceptors (Lipinski definition) is 7. The lowest BCUT2D eigenvalue weighted by molar-refractivity contribution is 0.233. The van der Waals surface area contributed by atoms with Crippen LogP contribution < -0.4 is 20.4 Å². The third-order valence-corrected chi connectivity index (χ3v) is 8.08. The van der Waals surface area contributed by atoms with Gasteiger partial charge in [-0.15, -0.1) is 0 Å². The van der Waals surface area contributed by atoms with E-state index in [4.69, 9.17) is 4.98 Å². The van der Waals surface area contributed by atoms with Crippen molar-refractivity contribution in [2.75, 3.05) is 48.8 Å². The molecule has 0 bridgehead atoms. The molecule has 8 heteroatoms. The lowest BCUT2D eigenvalue weighted by atomic mass is 10.0. The van der Waals surface area contributed by atoms with E-state index in [0.29, 0.717) is 41.9 Å². The number of benzene rings is 1. The zero-order valence-electron chi connectivity index (χ0n) is 21.4. The fraction of sp³-hybridized carbons (Fsp3) is 0.630. The van der Waals surface area contributed by atoms with Crippen molar-refractivity contribution in [2.45, 2.75) is 76.5 Å². The molecule has 3 aliphatic rings. The zero-order chi connectivity index (χ0) is 24.4. The van der Waals surface area contributed by atoms with E-state index in [9.17, 15) is 4.39 Å². The van der Waals surface area contributed by atoms with E-state index in [-0.39, 0.29) is 5.82 Å². The predicted octanol–water partition coefficient (Wildman–Crippen LogP) is 4.52. The maximum absolute atomic E-state index is 14.9. The number of fused-ring (bicyclic) bond motifs is 1. The highest BCUT2D eigenvalue weighted by molar-refractivity contribution is 5.72. The molecule has 1 saturated heterocycles. The summed E-state index contributed by atoms with van der Waals surface area (Å²) < 4.78 is 14.9. The number of hydrogen-bond donors (Lipinski definition) is 2. The van der Waals surface area contributed by atoms with Crippen LogP contribution in [0.25, 0.3) is 0 Å². The number of anilines is 4. The number of likely N-dealkylation sites (N-methyl/N-ethyl adjacent to an activating group) is 1. The van der Waals surface area contributed by atoms with E-state index in [1.54, 1.807) is 6.07 Å². The third kappa shape index (κ3) is 5.38. The van der Waals surface area contributed by atoms with E-state index in [0.717, 1.165) is 50.4 Å². The summed E-state index contributed by atoms with van der Waals surface area (Å²) in [5.41, 5.74) is 2.45. The predicted molar refractivity (Wildman–Crippen MR) is 141 cm³/mol. The highest BCUT2D eigenvalue weighted by Gasteiger charge is 2.36. The Morgan fingerprint density at radius 2 is 1.86 bits per heavy atom. The summed E-state index contributed by atoms with van der Waals surface area (Å²) in [4.78, 5) is 16.7. The van der Waals surface area contributed by atoms with E-state index >= 15 is 0 Å². The monoisotopic (exact) mass is 481 g/mol. The molecule has 1 saturated carbocycles. The lowest BCUT2D eigenvalue weighted by Gasteiger charge is -2.45. The summed E-state index contributed by atoms with van der Waals surface area (Å²) in [5, 5.41) is 6.78. The van der Waals surface area contributed by atoms with Gasteiger partial charge < -0.3 is 25.3 Å². The first-order valence-corrected chi connectivity index (χ1v) is 13.4. The van der Waals surface area contributed by atoms with Crippen molar-refractivity contribution in [2.24, 2.45) is 0 Å². The molecule has 7 nitrogen and oxygen atoms in total. The molecule has 190 valence electrons. The number of piperidine rings is 1. The minimum Gasteiger partial charge on any atom is -0.368 e. The SMILES string of the molecule is CC[C@@H]1CN(C)c2cnc(Nc3ccc(CNC4CCN(C)CC4)c(F)c3)nc2N1C1CCCC1. The molecule has 0 spiro atoms. The Labute approximate surface area is 209 Å². The Morgan fingerprint density at radius 1 is 1.09 bits per heavy atom. The second-order valence-electron chi connectivity index (χ2n) is 10.6. The van der Waals surface area contributed by atoms with E-state index in [1.807, 2.05) is 18.3 Å². The Morgan fingerprint density at radius 3 is 2.57 bits per heavy atom. The van der Waals surface area contributed by atoms with E-state index in [2.05, 4.69) is 51.3 Å². The number of rotatable bonds is 7. The van der Waals surface area contributed by atoms with Gasteiger partial charge in [0.2, 0.25) is 5.95 Å². The van der Waals surface area contributed by atoms with Crippen LogP contribution in [-0.4, -0.2) is 66.7 Å². The molecule has 0 amide bonds. The van der Waals surface area contributed by atoms with Gasteiger partial charge >= 0.3 is 0 Å². The first kappa shape index (κ1) is 24.3. The summed E-state index contributed by atoms with van der Waals surface area (Å²) in [6, 6.07) is 6.80. The summed E-state index contributed by atoms with van der Waals surface area (Å²) in [7, 11) is 4.28. The van der Waals surface area contributed by atoms with Crippen LogP contribution in [0.15, 0.2) is 24.4 Å². The number of aromatic nitrogens is 2. The van der Waals surface area contributed by atoms with Gasteiger partial charge in [0.15, 0.2) is 5.82 Å². The zero-order valence-corrected chi connectivity index (χ0v) is 21.4. The molecule has 2 aromatic rings. The maximum atomic E-state index is 14.9. The Bertz CT molecular complexity index is 1000. The van der Waals surface area contributed by atoms with Crippen LogP contribution in [0.2, 0.25) is 0 Å². The average Bonchev–Trinajstić information content (AvgIpc) is 3.39. The highest BCUT2D eigenvalue weighted by Crippen LogP contribution is 2.39. The van der Waals surface area contributed by atoms with Crippen LogP contribution in [0, 0.1) is 5.82 Å². The van der Waals surface area contributed by atoms with Gasteiger partial charge in [0.1, 0.15) is 5.82 Å². The molecular formula is C27H40FN7. The van der Waals surface area contributed by atoms with Gasteiger partial charge in [0.05, 0.1) is 11.9 Å². The molecule has 5 rings (SSSR count). The van der Waals surface area contributed by atoms with Crippen LogP contribution in [0.3, 0.4) is 0 Å². The van der Waals surface area contributed by atoms with Crippen molar-refractivity contribution in [3.63, 3.8) is 0 Å². The van der Waals surface area contributed by atoms with Gasteiger partial charge in [-0.2, -0.15) is 4.98 Å². The van der Waals surface area contributed by atoms with Crippen LogP contribution in [0.5, 0.6) is 0 Å². The minimum absolute atomic E-state index is 0.202. The molecule has 0 unspecified atom stereocenters. The summed E-state index contributed by atoms with van der Waals surface area (Å²) >= 11 is 0. The number of likely N-dealkylation sites (tertiary alicyclic amines) is 1. The summed E-state index contributed by atoms with van der Waals surface area (Å²) in [6.07, 6.45) is 10.3. The third-order valence-electron chi connectivity index (χ3n) is 8.08. The van der Waals surface area contributed by atoms with Gasteiger partial charge in [-0.3, -0.25) is 0 Å². The molecular weight excluding hydrogens is 441 g/mol. The van der Waals surface area contributed by atoms with Crippen molar-refractivity contribution in [1.82, 2.24) is 20.2 Å². The molecule has 35 heavy (non-hydrogen) atoms. The Balaban J connectivity index is 1.29. The normalized spacial score (nSPS) is 22.0. The number of nitrogens with one attached hydrogen (secondary N) is 2. The van der Waals surface area contributed by atoms with Crippen molar-refractivity contribution in [3.8, 4) is 0 Å². The smallest absolute Gasteiger partial charge is 0.229 e. The van der Waals surface area contributed by atoms with Gasteiger partial charge in [-0.05, 0) is 64.4 Å². The second kappa shape index (κ2) is 10.7. The fourth-order valence-corrected chi connectivity index (χ4v) is 5.91. The molecule has 2 aliphatic heterocycles. The molecule has 2 N–H and O–H groups in total. The number of nitrogens with zero attached hydrogens (tertiary/aromatic N) is 5. The fourth-order valence-electron chi connectivity index (χ4n) is 5.91. The minimum atomic E-state index is -0.202. The van der Waals surface area contributed by atoms with Crippen molar-refractivity contribution in [3.05, 3.63) is 35.8 Å². The molecule has 1 aromatic carbocycles. The first-order chi connectivity index (χ1) is 17.0. The van der Waals surface area contributed by atoms with Gasteiger partial charge in [-0.1, -0.05) is 25.8 Å². The molecule has 3 heterocycles. The van der Waals surface area contributed by atoms with Crippen molar-refractivity contribution >= 4 is 23.1 Å². The van der Waals surface area contributed by atoms with Crippen LogP contribution in [0.1, 0.15) is 57.4 Å². The topological polar surface area (TPSA) is 59.6 Å². The molecule has 0 radical (unpaired) electrons. The molecule has 1 aromatic heterocycles. The largest absolute Gasteiger partial charge is 0.368 e. The van der Waals surface area contributed by atoms with Crippen molar-refractivity contribution < 1.29 is 4.39 Å².